The number of carbonyl (C=O) groups is 2. The van der Waals surface area contributed by atoms with Gasteiger partial charge in [0.25, 0.3) is 0 Å². The van der Waals surface area contributed by atoms with E-state index in [2.05, 4.69) is 0 Å². The van der Waals surface area contributed by atoms with Gasteiger partial charge in [0.05, 0.1) is 5.70 Å². The van der Waals surface area contributed by atoms with Crippen molar-refractivity contribution >= 4 is 12.2 Å². The number of hydrogen-bond donors (Lipinski definition) is 0. The molecule has 0 aromatic heterocycles. The molecule has 0 bridgehead atoms. The molecule has 0 aromatic carbocycles. The average Bonchev–Trinajstić information content (AvgIpc) is 2.42. The molecule has 1 atom stereocenters. The van der Waals surface area contributed by atoms with Gasteiger partial charge in [0.15, 0.2) is 0 Å². The zero-order valence-corrected chi connectivity index (χ0v) is 15.2. The molecule has 130 valence electrons. The lowest BCUT2D eigenvalue weighted by atomic mass is 10.1. The second-order valence-corrected chi connectivity index (χ2v) is 6.47. The number of allylic oxidation sites excluding steroid dienone is 2. The Labute approximate surface area is 138 Å². The van der Waals surface area contributed by atoms with E-state index < -0.39 is 17.8 Å². The summed E-state index contributed by atoms with van der Waals surface area (Å²) in [5.41, 5.74) is -0.0264. The highest BCUT2D eigenvalue weighted by atomic mass is 16.6. The van der Waals surface area contributed by atoms with Crippen LogP contribution in [0.5, 0.6) is 0 Å². The Balaban J connectivity index is 2.97. The van der Waals surface area contributed by atoms with Crippen LogP contribution < -0.4 is 0 Å². The van der Waals surface area contributed by atoms with E-state index in [4.69, 9.17) is 9.47 Å². The monoisotopic (exact) mass is 324 g/mol. The van der Waals surface area contributed by atoms with Gasteiger partial charge < -0.3 is 14.4 Å². The smallest absolute Gasteiger partial charge is 0.418 e. The summed E-state index contributed by atoms with van der Waals surface area (Å²) in [5, 5.41) is 0. The lowest BCUT2D eigenvalue weighted by Gasteiger charge is -2.31. The van der Waals surface area contributed by atoms with Crippen molar-refractivity contribution in [1.82, 2.24) is 9.80 Å². The number of carbonyl (C=O) groups excluding carboxylic acids is 2. The molecule has 1 rings (SSSR count). The van der Waals surface area contributed by atoms with Crippen LogP contribution in [0.25, 0.3) is 0 Å². The zero-order valence-electron chi connectivity index (χ0n) is 15.2. The fraction of sp³-hybridized carbons (Fsp3) is 0.647. The first-order chi connectivity index (χ1) is 10.6. The van der Waals surface area contributed by atoms with Crippen molar-refractivity contribution in [3.8, 4) is 0 Å². The van der Waals surface area contributed by atoms with Crippen molar-refractivity contribution in [1.29, 1.82) is 0 Å². The van der Waals surface area contributed by atoms with Crippen molar-refractivity contribution in [3.63, 3.8) is 0 Å². The minimum absolute atomic E-state index is 0.0896. The number of nitrogens with zero attached hydrogens (tertiary/aromatic N) is 2. The zero-order chi connectivity index (χ0) is 17.8. The largest absolute Gasteiger partial charge is 0.443 e. The first-order valence-electron chi connectivity index (χ1n) is 7.98. The molecule has 0 spiro atoms. The van der Waals surface area contributed by atoms with Crippen LogP contribution in [0, 0.1) is 5.92 Å². The van der Waals surface area contributed by atoms with E-state index in [1.54, 1.807) is 18.0 Å². The number of hydrogen-bond acceptors (Lipinski definition) is 4. The molecule has 1 heterocycles. The van der Waals surface area contributed by atoms with Gasteiger partial charge in [0.2, 0.25) is 0 Å². The van der Waals surface area contributed by atoms with E-state index in [-0.39, 0.29) is 5.92 Å². The molecule has 0 saturated carbocycles. The molecule has 6 heteroatoms. The molecule has 2 amide bonds. The van der Waals surface area contributed by atoms with Crippen molar-refractivity contribution in [2.45, 2.75) is 54.1 Å². The Morgan fingerprint density at radius 3 is 2.30 bits per heavy atom. The number of rotatable bonds is 3. The summed E-state index contributed by atoms with van der Waals surface area (Å²) in [6, 6.07) is 0. The molecule has 0 aliphatic carbocycles. The minimum atomic E-state index is -0.591. The Morgan fingerprint density at radius 1 is 1.26 bits per heavy atom. The van der Waals surface area contributed by atoms with Crippen molar-refractivity contribution in [2.75, 3.05) is 13.1 Å². The Morgan fingerprint density at radius 2 is 1.83 bits per heavy atom. The maximum Gasteiger partial charge on any atom is 0.418 e. The van der Waals surface area contributed by atoms with Gasteiger partial charge in [-0.15, -0.1) is 0 Å². The summed E-state index contributed by atoms with van der Waals surface area (Å²) in [7, 11) is 0. The Hall–Kier alpha value is -1.98. The molecule has 0 radical (unpaired) electrons. The number of amides is 2. The normalized spacial score (nSPS) is 18.0. The fourth-order valence-corrected chi connectivity index (χ4v) is 2.18. The number of ether oxygens (including phenoxy) is 2. The molecule has 0 fully saturated rings. The van der Waals surface area contributed by atoms with Crippen LogP contribution in [0.4, 0.5) is 9.59 Å². The lowest BCUT2D eigenvalue weighted by molar-refractivity contribution is 0.0363. The van der Waals surface area contributed by atoms with Gasteiger partial charge in [-0.2, -0.15) is 0 Å². The molecular weight excluding hydrogens is 296 g/mol. The van der Waals surface area contributed by atoms with Crippen LogP contribution in [-0.2, 0) is 9.47 Å². The first kappa shape index (κ1) is 19.1. The standard InChI is InChI=1S/C17H28N2O4/c1-8-18(9-2)15(20)22-14-12(3)10-11-19(13(14)4)16(21)23-17(5,6)7/h10-12H,8-9H2,1-7H3. The SMILES string of the molecule is CCN(CC)C(=O)OC1=C(C)N(C(=O)OC(C)(C)C)C=CC1C. The summed E-state index contributed by atoms with van der Waals surface area (Å²) in [5.74, 6) is 0.378. The third kappa shape index (κ3) is 5.01. The molecule has 0 saturated heterocycles. The van der Waals surface area contributed by atoms with Crippen molar-refractivity contribution in [3.05, 3.63) is 23.7 Å². The van der Waals surface area contributed by atoms with Gasteiger partial charge >= 0.3 is 12.2 Å². The maximum absolute atomic E-state index is 12.3. The molecule has 1 aliphatic rings. The molecule has 23 heavy (non-hydrogen) atoms. The third-order valence-corrected chi connectivity index (χ3v) is 3.46. The highest BCUT2D eigenvalue weighted by molar-refractivity contribution is 5.73. The van der Waals surface area contributed by atoms with Gasteiger partial charge in [-0.25, -0.2) is 9.59 Å². The van der Waals surface area contributed by atoms with Gasteiger partial charge in [-0.3, -0.25) is 4.90 Å². The second kappa shape index (κ2) is 7.53. The van der Waals surface area contributed by atoms with E-state index in [0.717, 1.165) is 0 Å². The molecular formula is C17H28N2O4. The fourth-order valence-electron chi connectivity index (χ4n) is 2.18. The van der Waals surface area contributed by atoms with Crippen LogP contribution in [0.2, 0.25) is 0 Å². The van der Waals surface area contributed by atoms with Crippen molar-refractivity contribution < 1.29 is 19.1 Å². The highest BCUT2D eigenvalue weighted by Gasteiger charge is 2.29. The summed E-state index contributed by atoms with van der Waals surface area (Å²) in [6.07, 6.45) is 2.56. The van der Waals surface area contributed by atoms with Gasteiger partial charge in [0.1, 0.15) is 11.4 Å². The molecule has 0 N–H and O–H groups in total. The van der Waals surface area contributed by atoms with Crippen LogP contribution >= 0.6 is 0 Å². The van der Waals surface area contributed by atoms with E-state index in [1.807, 2.05) is 47.6 Å². The molecule has 0 aromatic rings. The third-order valence-electron chi connectivity index (χ3n) is 3.46. The second-order valence-electron chi connectivity index (χ2n) is 6.47. The first-order valence-corrected chi connectivity index (χ1v) is 7.98. The van der Waals surface area contributed by atoms with Gasteiger partial charge in [0, 0.05) is 25.2 Å². The van der Waals surface area contributed by atoms with E-state index in [1.165, 1.54) is 4.90 Å². The summed E-state index contributed by atoms with van der Waals surface area (Å²) in [4.78, 5) is 27.4. The summed E-state index contributed by atoms with van der Waals surface area (Å²) in [6.45, 7) is 14.0. The predicted octanol–water partition coefficient (Wildman–Crippen LogP) is 4.10. The van der Waals surface area contributed by atoms with Crippen LogP contribution in [-0.4, -0.2) is 40.7 Å². The van der Waals surface area contributed by atoms with E-state index in [9.17, 15) is 9.59 Å². The van der Waals surface area contributed by atoms with Crippen molar-refractivity contribution in [2.24, 2.45) is 5.92 Å². The minimum Gasteiger partial charge on any atom is -0.443 e. The topological polar surface area (TPSA) is 59.1 Å². The average molecular weight is 324 g/mol. The molecule has 1 aliphatic heterocycles. The predicted molar refractivity (Wildman–Crippen MR) is 88.5 cm³/mol. The highest BCUT2D eigenvalue weighted by Crippen LogP contribution is 2.28. The summed E-state index contributed by atoms with van der Waals surface area (Å²) < 4.78 is 10.9. The van der Waals surface area contributed by atoms with Crippen LogP contribution in [0.1, 0.15) is 48.5 Å². The Bertz CT molecular complexity index is 513. The van der Waals surface area contributed by atoms with E-state index >= 15 is 0 Å². The van der Waals surface area contributed by atoms with E-state index in [0.29, 0.717) is 24.5 Å². The molecule has 6 nitrogen and oxygen atoms in total. The van der Waals surface area contributed by atoms with Gasteiger partial charge in [-0.1, -0.05) is 13.0 Å². The summed E-state index contributed by atoms with van der Waals surface area (Å²) >= 11 is 0. The maximum atomic E-state index is 12.3. The lowest BCUT2D eigenvalue weighted by Crippen LogP contribution is -2.36. The Kier molecular flexibility index (Phi) is 6.24. The van der Waals surface area contributed by atoms with Crippen LogP contribution in [0.15, 0.2) is 23.7 Å². The molecule has 1 unspecified atom stereocenters. The van der Waals surface area contributed by atoms with Crippen LogP contribution in [0.3, 0.4) is 0 Å². The quantitative estimate of drug-likeness (QED) is 0.784. The van der Waals surface area contributed by atoms with Gasteiger partial charge in [-0.05, 0) is 41.5 Å².